The molecule has 3 aromatic carbocycles. The van der Waals surface area contributed by atoms with Crippen LogP contribution in [0.1, 0.15) is 68.7 Å². The molecule has 3 aromatic rings. The van der Waals surface area contributed by atoms with Gasteiger partial charge in [-0.25, -0.2) is 8.42 Å². The average molecular weight is 578 g/mol. The van der Waals surface area contributed by atoms with Gasteiger partial charge in [0.15, 0.2) is 0 Å². The topological polar surface area (TPSA) is 86.8 Å². The molecule has 0 aliphatic heterocycles. The highest BCUT2D eigenvalue weighted by molar-refractivity contribution is 7.92. The quantitative estimate of drug-likeness (QED) is 0.272. The van der Waals surface area contributed by atoms with Crippen molar-refractivity contribution < 1.29 is 18.0 Å². The number of nitrogens with one attached hydrogen (secondary N) is 1. The highest BCUT2D eigenvalue weighted by atomic mass is 32.2. The fourth-order valence-electron chi connectivity index (χ4n) is 4.57. The fraction of sp³-hybridized carbons (Fsp3) is 0.394. The fourth-order valence-corrected chi connectivity index (χ4v) is 5.98. The van der Waals surface area contributed by atoms with Crippen LogP contribution in [0.15, 0.2) is 77.7 Å². The minimum atomic E-state index is -4.09. The Labute approximate surface area is 245 Å². The lowest BCUT2D eigenvalue weighted by Crippen LogP contribution is -2.52. The van der Waals surface area contributed by atoms with Gasteiger partial charge in [0, 0.05) is 13.1 Å². The van der Waals surface area contributed by atoms with Gasteiger partial charge < -0.3 is 10.2 Å². The Bertz CT molecular complexity index is 1400. The summed E-state index contributed by atoms with van der Waals surface area (Å²) in [5.74, 6) is -0.429. The van der Waals surface area contributed by atoms with E-state index in [0.717, 1.165) is 33.0 Å². The van der Waals surface area contributed by atoms with Crippen LogP contribution in [0.5, 0.6) is 0 Å². The third-order valence-corrected chi connectivity index (χ3v) is 8.93. The Morgan fingerprint density at radius 3 is 1.90 bits per heavy atom. The van der Waals surface area contributed by atoms with Crippen molar-refractivity contribution in [1.29, 1.82) is 0 Å². The molecule has 0 saturated heterocycles. The van der Waals surface area contributed by atoms with Gasteiger partial charge in [-0.3, -0.25) is 13.9 Å². The Kier molecular flexibility index (Phi) is 11.1. The van der Waals surface area contributed by atoms with Crippen molar-refractivity contribution in [2.75, 3.05) is 17.4 Å². The van der Waals surface area contributed by atoms with Crippen molar-refractivity contribution in [3.05, 3.63) is 95.1 Å². The van der Waals surface area contributed by atoms with Crippen molar-refractivity contribution >= 4 is 27.5 Å². The number of benzene rings is 3. The lowest BCUT2D eigenvalue weighted by molar-refractivity contribution is -0.140. The van der Waals surface area contributed by atoms with E-state index in [-0.39, 0.29) is 23.3 Å². The first-order chi connectivity index (χ1) is 19.5. The zero-order valence-electron chi connectivity index (χ0n) is 25.1. The van der Waals surface area contributed by atoms with Crippen molar-refractivity contribution in [2.24, 2.45) is 0 Å². The van der Waals surface area contributed by atoms with Crippen LogP contribution in [0.2, 0.25) is 0 Å². The second kappa shape index (κ2) is 14.3. The summed E-state index contributed by atoms with van der Waals surface area (Å²) in [6.45, 7) is 12.1. The molecular formula is C33H43N3O4S. The Morgan fingerprint density at radius 2 is 1.39 bits per heavy atom. The third-order valence-electron chi connectivity index (χ3n) is 7.14. The number of hydrogen-bond donors (Lipinski definition) is 1. The van der Waals surface area contributed by atoms with Crippen LogP contribution >= 0.6 is 0 Å². The standard InChI is InChI=1S/C33H43N3O4S/c1-7-21-34-33(38)31(8-2)35(22-27-13-9-25(5)10-14-27)32(37)23-36(29-17-15-28(16-18-29)24(3)4)41(39,40)30-19-11-26(6)12-20-30/h9-20,24,31H,7-8,21-23H2,1-6H3,(H,34,38)/t31-/m0/s1. The van der Waals surface area contributed by atoms with Gasteiger partial charge in [-0.2, -0.15) is 0 Å². The monoisotopic (exact) mass is 577 g/mol. The molecule has 8 heteroatoms. The zero-order valence-corrected chi connectivity index (χ0v) is 25.9. The predicted octanol–water partition coefficient (Wildman–Crippen LogP) is 5.96. The molecule has 1 N–H and O–H groups in total. The van der Waals surface area contributed by atoms with Gasteiger partial charge in [-0.15, -0.1) is 0 Å². The summed E-state index contributed by atoms with van der Waals surface area (Å²) in [4.78, 5) is 28.9. The molecule has 0 bridgehead atoms. The molecule has 7 nitrogen and oxygen atoms in total. The first-order valence-corrected chi connectivity index (χ1v) is 15.7. The Morgan fingerprint density at radius 1 is 0.829 bits per heavy atom. The third kappa shape index (κ3) is 8.19. The van der Waals surface area contributed by atoms with E-state index in [9.17, 15) is 18.0 Å². The maximum Gasteiger partial charge on any atom is 0.264 e. The van der Waals surface area contributed by atoms with Gasteiger partial charge in [0.1, 0.15) is 12.6 Å². The summed E-state index contributed by atoms with van der Waals surface area (Å²) in [6, 6.07) is 20.9. The number of aryl methyl sites for hydroxylation is 2. The smallest absolute Gasteiger partial charge is 0.264 e. The SMILES string of the molecule is CCCNC(=O)[C@H](CC)N(Cc1ccc(C)cc1)C(=O)CN(c1ccc(C(C)C)cc1)S(=O)(=O)c1ccc(C)cc1. The van der Waals surface area contributed by atoms with Gasteiger partial charge in [-0.05, 0) is 68.0 Å². The lowest BCUT2D eigenvalue weighted by atomic mass is 10.0. The van der Waals surface area contributed by atoms with Crippen LogP contribution in [0.3, 0.4) is 0 Å². The van der Waals surface area contributed by atoms with Gasteiger partial charge in [0.25, 0.3) is 10.0 Å². The number of carbonyl (C=O) groups excluding carboxylic acids is 2. The van der Waals surface area contributed by atoms with Crippen LogP contribution in [0.4, 0.5) is 5.69 Å². The molecule has 0 fully saturated rings. The normalized spacial score (nSPS) is 12.2. The molecule has 220 valence electrons. The maximum absolute atomic E-state index is 14.1. The van der Waals surface area contributed by atoms with E-state index in [1.54, 1.807) is 36.4 Å². The number of hydrogen-bond acceptors (Lipinski definition) is 4. The maximum atomic E-state index is 14.1. The molecule has 0 heterocycles. The molecule has 3 rings (SSSR count). The summed E-state index contributed by atoms with van der Waals surface area (Å²) in [7, 11) is -4.09. The Hall–Kier alpha value is -3.65. The van der Waals surface area contributed by atoms with Crippen LogP contribution in [-0.2, 0) is 26.2 Å². The summed E-state index contributed by atoms with van der Waals surface area (Å²) in [5.41, 5.74) is 4.33. The van der Waals surface area contributed by atoms with Crippen LogP contribution in [0, 0.1) is 13.8 Å². The number of anilines is 1. The number of rotatable bonds is 13. The highest BCUT2D eigenvalue weighted by Gasteiger charge is 2.33. The minimum absolute atomic E-state index is 0.0988. The largest absolute Gasteiger partial charge is 0.354 e. The van der Waals surface area contributed by atoms with E-state index < -0.39 is 28.5 Å². The van der Waals surface area contributed by atoms with E-state index in [2.05, 4.69) is 19.2 Å². The highest BCUT2D eigenvalue weighted by Crippen LogP contribution is 2.27. The van der Waals surface area contributed by atoms with Crippen LogP contribution in [0.25, 0.3) is 0 Å². The lowest BCUT2D eigenvalue weighted by Gasteiger charge is -2.33. The summed E-state index contributed by atoms with van der Waals surface area (Å²) in [6.07, 6.45) is 1.16. The average Bonchev–Trinajstić information content (AvgIpc) is 2.95. The van der Waals surface area contributed by atoms with Gasteiger partial charge in [0.2, 0.25) is 11.8 Å². The van der Waals surface area contributed by atoms with Gasteiger partial charge in [0.05, 0.1) is 10.6 Å². The van der Waals surface area contributed by atoms with Gasteiger partial charge >= 0.3 is 0 Å². The van der Waals surface area contributed by atoms with E-state index in [1.807, 2.05) is 64.1 Å². The molecule has 41 heavy (non-hydrogen) atoms. The van der Waals surface area contributed by atoms with E-state index in [1.165, 1.54) is 4.90 Å². The van der Waals surface area contributed by atoms with Crippen molar-refractivity contribution in [3.8, 4) is 0 Å². The zero-order chi connectivity index (χ0) is 30.2. The molecular weight excluding hydrogens is 534 g/mol. The minimum Gasteiger partial charge on any atom is -0.354 e. The summed E-state index contributed by atoms with van der Waals surface area (Å²) < 4.78 is 29.2. The first-order valence-electron chi connectivity index (χ1n) is 14.3. The van der Waals surface area contributed by atoms with Crippen molar-refractivity contribution in [3.63, 3.8) is 0 Å². The molecule has 0 aliphatic carbocycles. The number of sulfonamides is 1. The summed E-state index contributed by atoms with van der Waals surface area (Å²) >= 11 is 0. The first kappa shape index (κ1) is 31.9. The molecule has 0 spiro atoms. The van der Waals surface area contributed by atoms with Crippen LogP contribution in [-0.4, -0.2) is 44.3 Å². The van der Waals surface area contributed by atoms with E-state index in [4.69, 9.17) is 0 Å². The molecule has 0 unspecified atom stereocenters. The molecule has 0 saturated carbocycles. The predicted molar refractivity (Wildman–Crippen MR) is 165 cm³/mol. The molecule has 2 amide bonds. The second-order valence-electron chi connectivity index (χ2n) is 10.8. The van der Waals surface area contributed by atoms with E-state index >= 15 is 0 Å². The number of carbonyl (C=O) groups is 2. The van der Waals surface area contributed by atoms with Crippen LogP contribution < -0.4 is 9.62 Å². The summed E-state index contributed by atoms with van der Waals surface area (Å²) in [5, 5.41) is 2.91. The molecule has 0 radical (unpaired) electrons. The number of amides is 2. The number of nitrogens with zero attached hydrogens (tertiary/aromatic N) is 2. The second-order valence-corrected chi connectivity index (χ2v) is 12.7. The molecule has 0 aliphatic rings. The van der Waals surface area contributed by atoms with E-state index in [0.29, 0.717) is 18.7 Å². The molecule has 1 atom stereocenters. The Balaban J connectivity index is 2.06. The molecule has 0 aromatic heterocycles. The van der Waals surface area contributed by atoms with Crippen molar-refractivity contribution in [1.82, 2.24) is 10.2 Å². The van der Waals surface area contributed by atoms with Crippen molar-refractivity contribution in [2.45, 2.75) is 77.8 Å². The van der Waals surface area contributed by atoms with Gasteiger partial charge in [-0.1, -0.05) is 87.4 Å².